The molecule has 0 saturated heterocycles. The minimum atomic E-state index is -0.670. The smallest absolute Gasteiger partial charge is 0.303 e. The van der Waals surface area contributed by atoms with Crippen molar-refractivity contribution >= 4 is 11.9 Å². The molecule has 7 heteroatoms. The molecule has 0 atom stereocenters. The molecule has 0 aromatic heterocycles. The van der Waals surface area contributed by atoms with Gasteiger partial charge >= 0.3 is 11.9 Å². The molecule has 0 aromatic rings. The molecule has 0 rings (SSSR count). The Balaban J connectivity index is -0.000000490. The summed E-state index contributed by atoms with van der Waals surface area (Å²) >= 11 is 0. The van der Waals surface area contributed by atoms with Crippen molar-refractivity contribution in [3.63, 3.8) is 0 Å². The van der Waals surface area contributed by atoms with Gasteiger partial charge in [0, 0.05) is 29.9 Å². The fourth-order valence-corrected chi connectivity index (χ4v) is 3.32. The standard InChI is InChI=1S/2C12H25NO2.Cu/c2*13-11-9-7-5-3-1-2-4-6-8-10-12(14)15;/h2*1-11,13H2,(H,14,15);. The second kappa shape index (κ2) is 31.6. The van der Waals surface area contributed by atoms with E-state index in [9.17, 15) is 9.59 Å². The molecule has 6 nitrogen and oxygen atoms in total. The normalized spacial score (nSPS) is 10.1. The van der Waals surface area contributed by atoms with Crippen LogP contribution in [0.3, 0.4) is 0 Å². The summed E-state index contributed by atoms with van der Waals surface area (Å²) in [5.41, 5.74) is 10.8. The van der Waals surface area contributed by atoms with Crippen molar-refractivity contribution in [2.45, 2.75) is 128 Å². The van der Waals surface area contributed by atoms with Crippen LogP contribution in [0.4, 0.5) is 0 Å². The van der Waals surface area contributed by atoms with Crippen LogP contribution in [0.15, 0.2) is 0 Å². The molecule has 191 valence electrons. The molecule has 0 heterocycles. The molecule has 1 radical (unpaired) electrons. The van der Waals surface area contributed by atoms with Crippen LogP contribution in [-0.4, -0.2) is 35.2 Å². The maximum absolute atomic E-state index is 10.2. The van der Waals surface area contributed by atoms with Crippen LogP contribution in [0.1, 0.15) is 128 Å². The topological polar surface area (TPSA) is 127 Å². The van der Waals surface area contributed by atoms with Crippen LogP contribution in [0.5, 0.6) is 0 Å². The Morgan fingerprint density at radius 1 is 0.419 bits per heavy atom. The maximum atomic E-state index is 10.2. The molecule has 0 fully saturated rings. The van der Waals surface area contributed by atoms with Crippen LogP contribution in [0, 0.1) is 0 Å². The summed E-state index contributed by atoms with van der Waals surface area (Å²) in [6.07, 6.45) is 21.9. The van der Waals surface area contributed by atoms with Crippen molar-refractivity contribution in [2.75, 3.05) is 13.1 Å². The van der Waals surface area contributed by atoms with Gasteiger partial charge in [0.15, 0.2) is 0 Å². The Morgan fingerprint density at radius 3 is 0.806 bits per heavy atom. The van der Waals surface area contributed by atoms with E-state index in [0.29, 0.717) is 12.8 Å². The van der Waals surface area contributed by atoms with E-state index in [-0.39, 0.29) is 17.1 Å². The van der Waals surface area contributed by atoms with Gasteiger partial charge in [0.2, 0.25) is 0 Å². The van der Waals surface area contributed by atoms with E-state index in [1.54, 1.807) is 0 Å². The van der Waals surface area contributed by atoms with Crippen molar-refractivity contribution < 1.29 is 36.9 Å². The van der Waals surface area contributed by atoms with Gasteiger partial charge < -0.3 is 21.7 Å². The average molecular weight is 494 g/mol. The zero-order chi connectivity index (χ0) is 22.7. The third-order valence-corrected chi connectivity index (χ3v) is 5.19. The minimum absolute atomic E-state index is 0. The maximum Gasteiger partial charge on any atom is 0.303 e. The summed E-state index contributed by atoms with van der Waals surface area (Å²) in [4.78, 5) is 20.4. The van der Waals surface area contributed by atoms with Crippen LogP contribution >= 0.6 is 0 Å². The summed E-state index contributed by atoms with van der Waals surface area (Å²) < 4.78 is 0. The molecule has 0 aliphatic rings. The van der Waals surface area contributed by atoms with E-state index in [2.05, 4.69) is 0 Å². The van der Waals surface area contributed by atoms with Gasteiger partial charge in [0.05, 0.1) is 0 Å². The molecule has 0 aliphatic heterocycles. The zero-order valence-electron chi connectivity index (χ0n) is 19.7. The van der Waals surface area contributed by atoms with Gasteiger partial charge in [-0.3, -0.25) is 9.59 Å². The van der Waals surface area contributed by atoms with E-state index in [1.807, 2.05) is 0 Å². The van der Waals surface area contributed by atoms with Gasteiger partial charge in [0.25, 0.3) is 0 Å². The first-order valence-corrected chi connectivity index (χ1v) is 12.4. The molecule has 0 unspecified atom stereocenters. The predicted molar refractivity (Wildman–Crippen MR) is 126 cm³/mol. The van der Waals surface area contributed by atoms with Gasteiger partial charge in [-0.1, -0.05) is 89.9 Å². The summed E-state index contributed by atoms with van der Waals surface area (Å²) in [6, 6.07) is 0. The zero-order valence-corrected chi connectivity index (χ0v) is 20.7. The van der Waals surface area contributed by atoms with E-state index in [1.165, 1.54) is 77.0 Å². The molecule has 0 spiro atoms. The fraction of sp³-hybridized carbons (Fsp3) is 0.917. The van der Waals surface area contributed by atoms with Crippen LogP contribution in [-0.2, 0) is 26.7 Å². The number of hydrogen-bond acceptors (Lipinski definition) is 4. The molecule has 6 N–H and O–H groups in total. The Labute approximate surface area is 201 Å². The first-order valence-electron chi connectivity index (χ1n) is 12.4. The largest absolute Gasteiger partial charge is 0.481 e. The quantitative estimate of drug-likeness (QED) is 0.110. The molecule has 0 amide bonds. The molecule has 0 saturated carbocycles. The Bertz CT molecular complexity index is 337. The number of hydrogen-bond donors (Lipinski definition) is 4. The van der Waals surface area contributed by atoms with Crippen molar-refractivity contribution in [3.8, 4) is 0 Å². The summed E-state index contributed by atoms with van der Waals surface area (Å²) in [7, 11) is 0. The fourth-order valence-electron chi connectivity index (χ4n) is 3.32. The first kappa shape index (κ1) is 35.0. The predicted octanol–water partition coefficient (Wildman–Crippen LogP) is 5.86. The average Bonchev–Trinajstić information content (AvgIpc) is 2.71. The van der Waals surface area contributed by atoms with E-state index < -0.39 is 11.9 Å². The van der Waals surface area contributed by atoms with Crippen molar-refractivity contribution in [1.29, 1.82) is 0 Å². The van der Waals surface area contributed by atoms with Crippen LogP contribution < -0.4 is 11.5 Å². The van der Waals surface area contributed by atoms with Crippen LogP contribution in [0.2, 0.25) is 0 Å². The second-order valence-corrected chi connectivity index (χ2v) is 8.23. The van der Waals surface area contributed by atoms with Crippen molar-refractivity contribution in [1.82, 2.24) is 0 Å². The van der Waals surface area contributed by atoms with E-state index in [0.717, 1.165) is 51.6 Å². The number of rotatable bonds is 22. The summed E-state index contributed by atoms with van der Waals surface area (Å²) in [5.74, 6) is -1.34. The first-order chi connectivity index (χ1) is 14.5. The Morgan fingerprint density at radius 2 is 0.613 bits per heavy atom. The molecule has 0 aromatic carbocycles. The number of carbonyl (C=O) groups is 2. The summed E-state index contributed by atoms with van der Waals surface area (Å²) in [5, 5.41) is 16.9. The molecule has 0 bridgehead atoms. The monoisotopic (exact) mass is 493 g/mol. The van der Waals surface area contributed by atoms with Crippen molar-refractivity contribution in [3.05, 3.63) is 0 Å². The number of unbranched alkanes of at least 4 members (excludes halogenated alkanes) is 16. The number of carboxylic acids is 2. The van der Waals surface area contributed by atoms with Crippen molar-refractivity contribution in [2.24, 2.45) is 11.5 Å². The van der Waals surface area contributed by atoms with Gasteiger partial charge in [-0.25, -0.2) is 0 Å². The van der Waals surface area contributed by atoms with Gasteiger partial charge in [-0.05, 0) is 38.8 Å². The summed E-state index contributed by atoms with van der Waals surface area (Å²) in [6.45, 7) is 1.63. The Hall–Kier alpha value is -0.621. The van der Waals surface area contributed by atoms with Gasteiger partial charge in [0.1, 0.15) is 0 Å². The van der Waals surface area contributed by atoms with Crippen LogP contribution in [0.25, 0.3) is 0 Å². The SMILES string of the molecule is NCCCCCCCCCCCC(=O)O.NCCCCCCCCCCCC(=O)O.[Cu]. The number of nitrogens with two attached hydrogens (primary N) is 2. The third kappa shape index (κ3) is 40.3. The molecule has 31 heavy (non-hydrogen) atoms. The molecular weight excluding hydrogens is 444 g/mol. The minimum Gasteiger partial charge on any atom is -0.481 e. The van der Waals surface area contributed by atoms with Gasteiger partial charge in [-0.2, -0.15) is 0 Å². The third-order valence-electron chi connectivity index (χ3n) is 5.19. The van der Waals surface area contributed by atoms with E-state index in [4.69, 9.17) is 21.7 Å². The number of carboxylic acid groups (broad SMARTS) is 2. The molecular formula is C24H50CuN2O4. The van der Waals surface area contributed by atoms with E-state index >= 15 is 0 Å². The second-order valence-electron chi connectivity index (χ2n) is 8.23. The number of aliphatic carboxylic acids is 2. The Kier molecular flexibility index (Phi) is 35.6. The molecule has 0 aliphatic carbocycles. The van der Waals surface area contributed by atoms with Gasteiger partial charge in [-0.15, -0.1) is 0 Å².